The maximum atomic E-state index is 11.9. The Bertz CT molecular complexity index is 844. The number of amides is 2. The standard InChI is InChI=1S/C16H16N4O5/c1-22-11-6-5-10(8-13(11)23-2)9-17-15(21)18-16-20-19-14(25-16)12-4-3-7-24-12/h3-8H,9H2,1-2H3,(H2,17,18,20,21). The molecule has 0 unspecified atom stereocenters. The van der Waals surface area contributed by atoms with Crippen molar-refractivity contribution in [2.45, 2.75) is 6.54 Å². The van der Waals surface area contributed by atoms with Crippen molar-refractivity contribution in [3.8, 4) is 23.1 Å². The molecule has 0 saturated carbocycles. The first kappa shape index (κ1) is 16.4. The van der Waals surface area contributed by atoms with Gasteiger partial charge in [-0.3, -0.25) is 5.32 Å². The zero-order valence-corrected chi connectivity index (χ0v) is 13.6. The van der Waals surface area contributed by atoms with Crippen molar-refractivity contribution in [2.75, 3.05) is 19.5 Å². The third-order valence-electron chi connectivity index (χ3n) is 3.28. The topological polar surface area (TPSA) is 112 Å². The van der Waals surface area contributed by atoms with Gasteiger partial charge in [-0.2, -0.15) is 0 Å². The Morgan fingerprint density at radius 1 is 1.16 bits per heavy atom. The van der Waals surface area contributed by atoms with Crippen molar-refractivity contribution in [1.29, 1.82) is 0 Å². The highest BCUT2D eigenvalue weighted by Crippen LogP contribution is 2.27. The number of ether oxygens (including phenoxy) is 2. The minimum Gasteiger partial charge on any atom is -0.493 e. The SMILES string of the molecule is COc1ccc(CNC(=O)Nc2nnc(-c3ccco3)o2)cc1OC. The first-order valence-electron chi connectivity index (χ1n) is 7.32. The Morgan fingerprint density at radius 2 is 2.00 bits per heavy atom. The summed E-state index contributed by atoms with van der Waals surface area (Å²) in [6.07, 6.45) is 1.49. The molecule has 0 radical (unpaired) electrons. The number of urea groups is 1. The fourth-order valence-electron chi connectivity index (χ4n) is 2.09. The summed E-state index contributed by atoms with van der Waals surface area (Å²) >= 11 is 0. The number of nitrogens with one attached hydrogen (secondary N) is 2. The van der Waals surface area contributed by atoms with E-state index in [0.717, 1.165) is 5.56 Å². The van der Waals surface area contributed by atoms with E-state index >= 15 is 0 Å². The summed E-state index contributed by atoms with van der Waals surface area (Å²) in [6.45, 7) is 0.283. The average molecular weight is 344 g/mol. The van der Waals surface area contributed by atoms with Gasteiger partial charge >= 0.3 is 12.0 Å². The van der Waals surface area contributed by atoms with Gasteiger partial charge in [-0.05, 0) is 29.8 Å². The van der Waals surface area contributed by atoms with Gasteiger partial charge in [0.1, 0.15) is 0 Å². The molecule has 9 heteroatoms. The van der Waals surface area contributed by atoms with E-state index in [0.29, 0.717) is 17.3 Å². The average Bonchev–Trinajstić information content (AvgIpc) is 3.31. The molecule has 0 atom stereocenters. The van der Waals surface area contributed by atoms with Crippen LogP contribution in [0, 0.1) is 0 Å². The van der Waals surface area contributed by atoms with Crippen molar-refractivity contribution in [3.63, 3.8) is 0 Å². The number of carbonyl (C=O) groups is 1. The Labute approximate surface area is 142 Å². The van der Waals surface area contributed by atoms with Crippen molar-refractivity contribution < 1.29 is 23.1 Å². The van der Waals surface area contributed by atoms with Crippen molar-refractivity contribution >= 4 is 12.0 Å². The molecule has 0 spiro atoms. The summed E-state index contributed by atoms with van der Waals surface area (Å²) in [5.41, 5.74) is 0.842. The van der Waals surface area contributed by atoms with Crippen LogP contribution < -0.4 is 20.1 Å². The molecule has 0 bridgehead atoms. The number of carbonyl (C=O) groups excluding carboxylic acids is 1. The van der Waals surface area contributed by atoms with Crippen LogP contribution in [0.1, 0.15) is 5.56 Å². The lowest BCUT2D eigenvalue weighted by Gasteiger charge is -2.10. The van der Waals surface area contributed by atoms with E-state index in [1.807, 2.05) is 6.07 Å². The van der Waals surface area contributed by atoms with Crippen LogP contribution in [0.2, 0.25) is 0 Å². The highest BCUT2D eigenvalue weighted by atomic mass is 16.5. The molecule has 2 aromatic heterocycles. The first-order chi connectivity index (χ1) is 12.2. The van der Waals surface area contributed by atoms with Gasteiger partial charge < -0.3 is 23.6 Å². The molecule has 0 saturated heterocycles. The maximum Gasteiger partial charge on any atom is 0.324 e. The number of aromatic nitrogens is 2. The van der Waals surface area contributed by atoms with E-state index in [2.05, 4.69) is 20.8 Å². The molecule has 0 aliphatic rings. The van der Waals surface area contributed by atoms with E-state index in [9.17, 15) is 4.79 Å². The van der Waals surface area contributed by atoms with Gasteiger partial charge in [0.05, 0.1) is 20.5 Å². The Balaban J connectivity index is 1.56. The van der Waals surface area contributed by atoms with Crippen LogP contribution in [0.5, 0.6) is 11.5 Å². The summed E-state index contributed by atoms with van der Waals surface area (Å²) < 4.78 is 20.8. The van der Waals surface area contributed by atoms with Gasteiger partial charge in [0, 0.05) is 6.54 Å². The molecule has 0 aliphatic carbocycles. The Morgan fingerprint density at radius 3 is 2.72 bits per heavy atom. The molecular formula is C16H16N4O5. The summed E-state index contributed by atoms with van der Waals surface area (Å²) in [5, 5.41) is 12.7. The largest absolute Gasteiger partial charge is 0.493 e. The number of anilines is 1. The molecule has 25 heavy (non-hydrogen) atoms. The predicted molar refractivity (Wildman–Crippen MR) is 87.4 cm³/mol. The smallest absolute Gasteiger partial charge is 0.324 e. The number of rotatable bonds is 6. The molecule has 2 N–H and O–H groups in total. The minimum atomic E-state index is -0.482. The van der Waals surface area contributed by atoms with Gasteiger partial charge in [-0.1, -0.05) is 11.2 Å². The van der Waals surface area contributed by atoms with Crippen LogP contribution in [0.15, 0.2) is 45.4 Å². The van der Waals surface area contributed by atoms with Crippen molar-refractivity contribution in [3.05, 3.63) is 42.2 Å². The quantitative estimate of drug-likeness (QED) is 0.707. The van der Waals surface area contributed by atoms with Crippen molar-refractivity contribution in [2.24, 2.45) is 0 Å². The second-order valence-electron chi connectivity index (χ2n) is 4.89. The van der Waals surface area contributed by atoms with E-state index < -0.39 is 6.03 Å². The second kappa shape index (κ2) is 7.39. The lowest BCUT2D eigenvalue weighted by atomic mass is 10.2. The van der Waals surface area contributed by atoms with Gasteiger partial charge in [0.15, 0.2) is 17.3 Å². The molecule has 0 fully saturated rings. The first-order valence-corrected chi connectivity index (χ1v) is 7.32. The molecule has 130 valence electrons. The molecule has 2 amide bonds. The molecule has 2 heterocycles. The maximum absolute atomic E-state index is 11.9. The Hall–Kier alpha value is -3.49. The molecule has 1 aromatic carbocycles. The Kier molecular flexibility index (Phi) is 4.84. The summed E-state index contributed by atoms with van der Waals surface area (Å²) in [6, 6.07) is 8.23. The van der Waals surface area contributed by atoms with Gasteiger partial charge in [0.2, 0.25) is 0 Å². The summed E-state index contributed by atoms with van der Waals surface area (Å²) in [5.74, 6) is 1.81. The van der Waals surface area contributed by atoms with Crippen LogP contribution >= 0.6 is 0 Å². The van der Waals surface area contributed by atoms with Crippen LogP contribution in [-0.2, 0) is 6.54 Å². The highest BCUT2D eigenvalue weighted by molar-refractivity contribution is 5.86. The van der Waals surface area contributed by atoms with Crippen LogP contribution in [-0.4, -0.2) is 30.4 Å². The minimum absolute atomic E-state index is 0.0313. The normalized spacial score (nSPS) is 10.3. The lowest BCUT2D eigenvalue weighted by molar-refractivity contribution is 0.251. The number of benzene rings is 1. The monoisotopic (exact) mass is 344 g/mol. The van der Waals surface area contributed by atoms with E-state index in [1.54, 1.807) is 38.5 Å². The van der Waals surface area contributed by atoms with Gasteiger partial charge in [-0.15, -0.1) is 5.10 Å². The number of furan rings is 1. The number of methoxy groups -OCH3 is 2. The number of hydrogen-bond donors (Lipinski definition) is 2. The molecule has 3 rings (SSSR count). The van der Waals surface area contributed by atoms with Gasteiger partial charge in [-0.25, -0.2) is 4.79 Å². The fraction of sp³-hybridized carbons (Fsp3) is 0.188. The summed E-state index contributed by atoms with van der Waals surface area (Å²) in [7, 11) is 3.11. The number of hydrogen-bond acceptors (Lipinski definition) is 7. The third kappa shape index (κ3) is 3.89. The van der Waals surface area contributed by atoms with E-state index in [1.165, 1.54) is 6.26 Å². The van der Waals surface area contributed by atoms with Crippen LogP contribution in [0.3, 0.4) is 0 Å². The van der Waals surface area contributed by atoms with Gasteiger partial charge in [0.25, 0.3) is 5.89 Å². The molecule has 3 aromatic rings. The molecule has 0 aliphatic heterocycles. The lowest BCUT2D eigenvalue weighted by Crippen LogP contribution is -2.28. The zero-order valence-electron chi connectivity index (χ0n) is 13.6. The molecule has 9 nitrogen and oxygen atoms in total. The predicted octanol–water partition coefficient (Wildman–Crippen LogP) is 2.67. The van der Waals surface area contributed by atoms with Crippen molar-refractivity contribution in [1.82, 2.24) is 15.5 Å². The van der Waals surface area contributed by atoms with E-state index in [-0.39, 0.29) is 18.5 Å². The van der Waals surface area contributed by atoms with E-state index in [4.69, 9.17) is 18.3 Å². The number of nitrogens with zero attached hydrogens (tertiary/aromatic N) is 2. The highest BCUT2D eigenvalue weighted by Gasteiger charge is 2.13. The zero-order chi connectivity index (χ0) is 17.6. The van der Waals surface area contributed by atoms with Crippen LogP contribution in [0.25, 0.3) is 11.7 Å². The third-order valence-corrected chi connectivity index (χ3v) is 3.28. The fourth-order valence-corrected chi connectivity index (χ4v) is 2.09. The summed E-state index contributed by atoms with van der Waals surface area (Å²) in [4.78, 5) is 11.9. The molecular weight excluding hydrogens is 328 g/mol. The van der Waals surface area contributed by atoms with Crippen LogP contribution in [0.4, 0.5) is 10.8 Å². The second-order valence-corrected chi connectivity index (χ2v) is 4.89.